The van der Waals surface area contributed by atoms with Crippen LogP contribution in [0.3, 0.4) is 0 Å². The third-order valence-electron chi connectivity index (χ3n) is 5.36. The molecule has 0 atom stereocenters. The lowest BCUT2D eigenvalue weighted by Crippen LogP contribution is -2.32. The first kappa shape index (κ1) is 25.7. The molecule has 4 rings (SSSR count). The Morgan fingerprint density at radius 3 is 2.44 bits per heavy atom. The van der Waals surface area contributed by atoms with E-state index in [0.29, 0.717) is 40.4 Å². The number of aryl methyl sites for hydroxylation is 1. The van der Waals surface area contributed by atoms with E-state index in [2.05, 4.69) is 0 Å². The summed E-state index contributed by atoms with van der Waals surface area (Å²) in [6.45, 7) is 5.09. The van der Waals surface area contributed by atoms with E-state index < -0.39 is 0 Å². The molecular formula is C28H26ClNO5S. The van der Waals surface area contributed by atoms with Gasteiger partial charge in [-0.05, 0) is 67.1 Å². The topological polar surface area (TPSA) is 65.1 Å². The summed E-state index contributed by atoms with van der Waals surface area (Å²) in [7, 11) is 0. The highest BCUT2D eigenvalue weighted by Crippen LogP contribution is 2.35. The summed E-state index contributed by atoms with van der Waals surface area (Å²) in [5.41, 5.74) is 2.98. The molecule has 0 aliphatic carbocycles. The van der Waals surface area contributed by atoms with Crippen molar-refractivity contribution >= 4 is 40.6 Å². The van der Waals surface area contributed by atoms with E-state index in [4.69, 9.17) is 25.8 Å². The molecule has 0 bridgehead atoms. The molecular weight excluding hydrogens is 498 g/mol. The first-order valence-corrected chi connectivity index (χ1v) is 12.7. The fourth-order valence-electron chi connectivity index (χ4n) is 3.50. The Morgan fingerprint density at radius 2 is 1.69 bits per heavy atom. The van der Waals surface area contributed by atoms with Crippen molar-refractivity contribution in [3.8, 4) is 17.2 Å². The van der Waals surface area contributed by atoms with E-state index >= 15 is 0 Å². The number of rotatable bonds is 10. The van der Waals surface area contributed by atoms with Crippen molar-refractivity contribution in [3.63, 3.8) is 0 Å². The molecule has 1 fully saturated rings. The van der Waals surface area contributed by atoms with Crippen molar-refractivity contribution in [3.05, 3.63) is 93.3 Å². The molecule has 1 aliphatic heterocycles. The molecule has 3 aromatic rings. The van der Waals surface area contributed by atoms with Crippen molar-refractivity contribution in [1.29, 1.82) is 0 Å². The largest absolute Gasteiger partial charge is 0.490 e. The lowest BCUT2D eigenvalue weighted by atomic mass is 10.1. The smallest absolute Gasteiger partial charge is 0.293 e. The minimum Gasteiger partial charge on any atom is -0.490 e. The maximum atomic E-state index is 12.9. The van der Waals surface area contributed by atoms with Crippen LogP contribution in [0.1, 0.15) is 23.6 Å². The number of para-hydroxylation sites is 1. The minimum absolute atomic E-state index is 0.128. The molecule has 0 aromatic heterocycles. The zero-order chi connectivity index (χ0) is 25.5. The SMILES string of the molecule is CCOc1cc(/C=C2\SC(=O)N(CCOc3ccccc3Cl)C2=O)ccc1OCc1ccc(C)cc1. The van der Waals surface area contributed by atoms with E-state index in [-0.39, 0.29) is 24.3 Å². The van der Waals surface area contributed by atoms with Gasteiger partial charge in [0.2, 0.25) is 0 Å². The zero-order valence-corrected chi connectivity index (χ0v) is 21.6. The molecule has 0 radical (unpaired) electrons. The van der Waals surface area contributed by atoms with Gasteiger partial charge in [-0.25, -0.2) is 0 Å². The summed E-state index contributed by atoms with van der Waals surface area (Å²) >= 11 is 6.99. The minimum atomic E-state index is -0.356. The fourth-order valence-corrected chi connectivity index (χ4v) is 4.56. The van der Waals surface area contributed by atoms with Crippen LogP contribution in [0.2, 0.25) is 5.02 Å². The van der Waals surface area contributed by atoms with Crippen LogP contribution in [0.5, 0.6) is 17.2 Å². The van der Waals surface area contributed by atoms with Crippen LogP contribution >= 0.6 is 23.4 Å². The van der Waals surface area contributed by atoms with Gasteiger partial charge in [0.25, 0.3) is 11.1 Å². The Bertz CT molecular complexity index is 1280. The second kappa shape index (κ2) is 12.0. The Hall–Kier alpha value is -3.42. The molecule has 8 heteroatoms. The highest BCUT2D eigenvalue weighted by molar-refractivity contribution is 8.18. The van der Waals surface area contributed by atoms with Gasteiger partial charge in [-0.1, -0.05) is 59.6 Å². The Kier molecular flexibility index (Phi) is 8.57. The number of carbonyl (C=O) groups excluding carboxylic acids is 2. The van der Waals surface area contributed by atoms with E-state index in [1.165, 1.54) is 10.5 Å². The standard InChI is InChI=1S/C28H26ClNO5S/c1-3-33-25-16-21(12-13-24(25)35-18-20-10-8-19(2)9-11-20)17-26-27(31)30(28(32)36-26)14-15-34-23-7-5-4-6-22(23)29/h4-13,16-17H,3,14-15,18H2,1-2H3/b26-17-. The number of hydrogen-bond donors (Lipinski definition) is 0. The van der Waals surface area contributed by atoms with Crippen LogP contribution < -0.4 is 14.2 Å². The molecule has 36 heavy (non-hydrogen) atoms. The number of ether oxygens (including phenoxy) is 3. The van der Waals surface area contributed by atoms with Gasteiger partial charge in [0.05, 0.1) is 23.1 Å². The van der Waals surface area contributed by atoms with Crippen LogP contribution in [-0.4, -0.2) is 35.8 Å². The summed E-state index contributed by atoms with van der Waals surface area (Å²) in [5.74, 6) is 1.34. The number of nitrogens with zero attached hydrogens (tertiary/aromatic N) is 1. The van der Waals surface area contributed by atoms with E-state index in [9.17, 15) is 9.59 Å². The van der Waals surface area contributed by atoms with Gasteiger partial charge in [0.15, 0.2) is 11.5 Å². The summed E-state index contributed by atoms with van der Waals surface area (Å²) in [6.07, 6.45) is 1.69. The van der Waals surface area contributed by atoms with Gasteiger partial charge in [0.1, 0.15) is 19.0 Å². The first-order valence-electron chi connectivity index (χ1n) is 11.5. The van der Waals surface area contributed by atoms with Crippen molar-refractivity contribution in [1.82, 2.24) is 4.90 Å². The number of benzene rings is 3. The summed E-state index contributed by atoms with van der Waals surface area (Å²) in [4.78, 5) is 26.8. The number of carbonyl (C=O) groups is 2. The van der Waals surface area contributed by atoms with Gasteiger partial charge in [0, 0.05) is 0 Å². The Labute approximate surface area is 219 Å². The number of thioether (sulfide) groups is 1. The second-order valence-electron chi connectivity index (χ2n) is 8.03. The lowest BCUT2D eigenvalue weighted by molar-refractivity contribution is -0.123. The van der Waals surface area contributed by atoms with Crippen molar-refractivity contribution in [2.75, 3.05) is 19.8 Å². The third kappa shape index (κ3) is 6.42. The first-order chi connectivity index (χ1) is 17.4. The summed E-state index contributed by atoms with van der Waals surface area (Å²) in [6, 6.07) is 20.7. The zero-order valence-electron chi connectivity index (χ0n) is 20.0. The lowest BCUT2D eigenvalue weighted by Gasteiger charge is -2.14. The quantitative estimate of drug-likeness (QED) is 0.274. The van der Waals surface area contributed by atoms with Gasteiger partial charge in [-0.15, -0.1) is 0 Å². The van der Waals surface area contributed by atoms with Gasteiger partial charge in [-0.3, -0.25) is 14.5 Å². The second-order valence-corrected chi connectivity index (χ2v) is 9.43. The molecule has 1 heterocycles. The van der Waals surface area contributed by atoms with Gasteiger partial charge < -0.3 is 14.2 Å². The summed E-state index contributed by atoms with van der Waals surface area (Å²) < 4.78 is 17.4. The number of imide groups is 1. The maximum absolute atomic E-state index is 12.9. The third-order valence-corrected chi connectivity index (χ3v) is 6.58. The number of hydrogen-bond acceptors (Lipinski definition) is 6. The molecule has 6 nitrogen and oxygen atoms in total. The Morgan fingerprint density at radius 1 is 0.917 bits per heavy atom. The van der Waals surface area contributed by atoms with Crippen molar-refractivity contribution in [2.45, 2.75) is 20.5 Å². The normalized spacial score (nSPS) is 14.4. The average Bonchev–Trinajstić information content (AvgIpc) is 3.13. The molecule has 3 aromatic carbocycles. The number of amides is 2. The maximum Gasteiger partial charge on any atom is 0.293 e. The number of halogens is 1. The molecule has 2 amide bonds. The van der Waals surface area contributed by atoms with Crippen molar-refractivity contribution in [2.24, 2.45) is 0 Å². The molecule has 186 valence electrons. The van der Waals surface area contributed by atoms with Gasteiger partial charge >= 0.3 is 0 Å². The predicted molar refractivity (Wildman–Crippen MR) is 143 cm³/mol. The van der Waals surface area contributed by atoms with E-state index in [1.54, 1.807) is 30.3 Å². The van der Waals surface area contributed by atoms with E-state index in [0.717, 1.165) is 22.9 Å². The van der Waals surface area contributed by atoms with Crippen LogP contribution in [0.15, 0.2) is 71.6 Å². The Balaban J connectivity index is 1.42. The summed E-state index contributed by atoms with van der Waals surface area (Å²) in [5, 5.41) is 0.139. The van der Waals surface area contributed by atoms with Crippen LogP contribution in [-0.2, 0) is 11.4 Å². The average molecular weight is 524 g/mol. The van der Waals surface area contributed by atoms with Crippen molar-refractivity contribution < 1.29 is 23.8 Å². The fraction of sp³-hybridized carbons (Fsp3) is 0.214. The highest BCUT2D eigenvalue weighted by Gasteiger charge is 2.34. The molecule has 0 saturated carbocycles. The molecule has 0 unspecified atom stereocenters. The van der Waals surface area contributed by atoms with Crippen LogP contribution in [0.4, 0.5) is 4.79 Å². The van der Waals surface area contributed by atoms with E-state index in [1.807, 2.05) is 56.3 Å². The van der Waals surface area contributed by atoms with Gasteiger partial charge in [-0.2, -0.15) is 0 Å². The molecule has 0 N–H and O–H groups in total. The van der Waals surface area contributed by atoms with Crippen LogP contribution in [0, 0.1) is 6.92 Å². The highest BCUT2D eigenvalue weighted by atomic mass is 35.5. The molecule has 1 saturated heterocycles. The predicted octanol–water partition coefficient (Wildman–Crippen LogP) is 6.74. The monoisotopic (exact) mass is 523 g/mol. The molecule has 1 aliphatic rings. The molecule has 0 spiro atoms. The van der Waals surface area contributed by atoms with Crippen LogP contribution in [0.25, 0.3) is 6.08 Å².